The molecule has 132 valence electrons. The minimum atomic E-state index is -1.51. The molecule has 26 heavy (non-hydrogen) atoms. The van der Waals surface area contributed by atoms with E-state index in [1.54, 1.807) is 30.3 Å². The van der Waals surface area contributed by atoms with Crippen LogP contribution in [0.5, 0.6) is 0 Å². The molecule has 0 aliphatic carbocycles. The summed E-state index contributed by atoms with van der Waals surface area (Å²) in [7, 11) is 0. The third-order valence-electron chi connectivity index (χ3n) is 3.80. The van der Waals surface area contributed by atoms with Crippen LogP contribution in [0.1, 0.15) is 16.1 Å². The molecule has 8 heteroatoms. The first-order valence-electron chi connectivity index (χ1n) is 7.64. The Kier molecular flexibility index (Phi) is 4.85. The number of aryl methyl sites for hydroxylation is 1. The molecule has 0 radical (unpaired) electrons. The van der Waals surface area contributed by atoms with Crippen molar-refractivity contribution in [1.82, 2.24) is 9.78 Å². The van der Waals surface area contributed by atoms with Crippen molar-refractivity contribution >= 4 is 44.3 Å². The van der Waals surface area contributed by atoms with Crippen LogP contribution in [0.3, 0.4) is 0 Å². The van der Waals surface area contributed by atoms with Crippen LogP contribution in [0.4, 0.5) is 5.69 Å². The molecule has 0 saturated heterocycles. The first-order valence-corrected chi connectivity index (χ1v) is 8.43. The van der Waals surface area contributed by atoms with Gasteiger partial charge in [0, 0.05) is 15.5 Å². The van der Waals surface area contributed by atoms with Gasteiger partial charge in [0.1, 0.15) is 12.2 Å². The summed E-state index contributed by atoms with van der Waals surface area (Å²) in [6, 6.07) is 11.4. The van der Waals surface area contributed by atoms with Crippen LogP contribution in [-0.4, -0.2) is 21.7 Å². The Labute approximate surface area is 156 Å². The van der Waals surface area contributed by atoms with E-state index in [0.717, 1.165) is 14.7 Å². The summed E-state index contributed by atoms with van der Waals surface area (Å²) in [4.78, 5) is 36.1. The van der Waals surface area contributed by atoms with Crippen molar-refractivity contribution in [3.8, 4) is 0 Å². The lowest BCUT2D eigenvalue weighted by Gasteiger charge is -2.12. The molecule has 0 atom stereocenters. The van der Waals surface area contributed by atoms with Gasteiger partial charge in [-0.3, -0.25) is 9.59 Å². The van der Waals surface area contributed by atoms with Crippen LogP contribution < -0.4 is 16.0 Å². The standard InChI is InChI=1S/C18H14BrN3O4/c1-10-8-11(6-7-14(10)19)20-15(23)9-22-17(24)13-5-3-2-4-12(13)16(21-22)18(25)26/h2-8H,9H2,1H3,(H,20,23)(H,25,26)/p-1. The predicted molar refractivity (Wildman–Crippen MR) is 97.8 cm³/mol. The maximum Gasteiger partial charge on any atom is 0.275 e. The van der Waals surface area contributed by atoms with Crippen LogP contribution in [-0.2, 0) is 11.3 Å². The van der Waals surface area contributed by atoms with Gasteiger partial charge in [-0.1, -0.05) is 34.1 Å². The van der Waals surface area contributed by atoms with Gasteiger partial charge in [-0.25, -0.2) is 4.68 Å². The maximum absolute atomic E-state index is 12.5. The lowest BCUT2D eigenvalue weighted by atomic mass is 10.1. The SMILES string of the molecule is Cc1cc(NC(=O)Cn2nc(C(=O)[O-])c3ccccc3c2=O)ccc1Br. The molecule has 0 spiro atoms. The molecule has 1 heterocycles. The molecule has 3 rings (SSSR count). The monoisotopic (exact) mass is 414 g/mol. The molecular formula is C18H13BrN3O4-. The van der Waals surface area contributed by atoms with Crippen LogP contribution in [0.2, 0.25) is 0 Å². The van der Waals surface area contributed by atoms with Crippen molar-refractivity contribution in [2.45, 2.75) is 13.5 Å². The van der Waals surface area contributed by atoms with Crippen LogP contribution in [0, 0.1) is 6.92 Å². The third-order valence-corrected chi connectivity index (χ3v) is 4.69. The van der Waals surface area contributed by atoms with Crippen molar-refractivity contribution in [3.63, 3.8) is 0 Å². The Morgan fingerprint density at radius 2 is 1.88 bits per heavy atom. The minimum Gasteiger partial charge on any atom is -0.543 e. The molecule has 7 nitrogen and oxygen atoms in total. The molecule has 3 aromatic rings. The number of halogens is 1. The zero-order valence-electron chi connectivity index (χ0n) is 13.7. The topological polar surface area (TPSA) is 104 Å². The van der Waals surface area contributed by atoms with Gasteiger partial charge in [-0.05, 0) is 36.8 Å². The van der Waals surface area contributed by atoms with Gasteiger partial charge in [-0.2, -0.15) is 5.10 Å². The minimum absolute atomic E-state index is 0.161. The Bertz CT molecular complexity index is 1090. The summed E-state index contributed by atoms with van der Waals surface area (Å²) >= 11 is 3.37. The van der Waals surface area contributed by atoms with Gasteiger partial charge < -0.3 is 15.2 Å². The van der Waals surface area contributed by atoms with Gasteiger partial charge in [0.2, 0.25) is 5.91 Å². The Morgan fingerprint density at radius 3 is 2.54 bits per heavy atom. The lowest BCUT2D eigenvalue weighted by Crippen LogP contribution is -2.34. The van der Waals surface area contributed by atoms with E-state index in [0.29, 0.717) is 5.69 Å². The molecule has 0 fully saturated rings. The molecule has 1 aromatic heterocycles. The highest BCUT2D eigenvalue weighted by Gasteiger charge is 2.13. The summed E-state index contributed by atoms with van der Waals surface area (Å²) in [6.07, 6.45) is 0. The van der Waals surface area contributed by atoms with E-state index in [1.165, 1.54) is 12.1 Å². The molecule has 1 N–H and O–H groups in total. The second-order valence-electron chi connectivity index (χ2n) is 5.66. The number of carbonyl (C=O) groups is 2. The predicted octanol–water partition coefficient (Wildman–Crippen LogP) is 1.47. The number of carboxylic acids is 1. The third kappa shape index (κ3) is 3.50. The summed E-state index contributed by atoms with van der Waals surface area (Å²) in [5.41, 5.74) is 0.563. The van der Waals surface area contributed by atoms with E-state index in [-0.39, 0.29) is 16.5 Å². The van der Waals surface area contributed by atoms with Gasteiger partial charge >= 0.3 is 0 Å². The summed E-state index contributed by atoms with van der Waals surface area (Å²) in [6.45, 7) is 1.46. The van der Waals surface area contributed by atoms with Crippen molar-refractivity contribution in [1.29, 1.82) is 0 Å². The lowest BCUT2D eigenvalue weighted by molar-refractivity contribution is -0.255. The molecule has 1 amide bonds. The Hall–Kier alpha value is -3.00. The number of carboxylic acid groups (broad SMARTS) is 1. The average molecular weight is 415 g/mol. The van der Waals surface area contributed by atoms with E-state index < -0.39 is 24.0 Å². The number of hydrogen-bond donors (Lipinski definition) is 1. The fraction of sp³-hybridized carbons (Fsp3) is 0.111. The largest absolute Gasteiger partial charge is 0.543 e. The first-order chi connectivity index (χ1) is 12.4. The second-order valence-corrected chi connectivity index (χ2v) is 6.51. The summed E-state index contributed by atoms with van der Waals surface area (Å²) < 4.78 is 1.73. The van der Waals surface area contributed by atoms with E-state index in [9.17, 15) is 19.5 Å². The zero-order chi connectivity index (χ0) is 18.8. The number of rotatable bonds is 4. The summed E-state index contributed by atoms with van der Waals surface area (Å²) in [5, 5.41) is 18.1. The van der Waals surface area contributed by atoms with E-state index >= 15 is 0 Å². The number of anilines is 1. The van der Waals surface area contributed by atoms with Crippen molar-refractivity contribution in [2.24, 2.45) is 0 Å². The number of carbonyl (C=O) groups excluding carboxylic acids is 2. The maximum atomic E-state index is 12.5. The fourth-order valence-corrected chi connectivity index (χ4v) is 2.80. The molecule has 0 saturated carbocycles. The van der Waals surface area contributed by atoms with Crippen LogP contribution in [0.25, 0.3) is 10.8 Å². The number of nitrogens with one attached hydrogen (secondary N) is 1. The highest BCUT2D eigenvalue weighted by Crippen LogP contribution is 2.20. The number of hydrogen-bond acceptors (Lipinski definition) is 5. The van der Waals surface area contributed by atoms with Crippen molar-refractivity contribution in [2.75, 3.05) is 5.32 Å². The molecule has 0 bridgehead atoms. The Morgan fingerprint density at radius 1 is 1.19 bits per heavy atom. The second kappa shape index (κ2) is 7.09. The van der Waals surface area contributed by atoms with E-state index in [4.69, 9.17) is 0 Å². The zero-order valence-corrected chi connectivity index (χ0v) is 15.2. The highest BCUT2D eigenvalue weighted by molar-refractivity contribution is 9.10. The van der Waals surface area contributed by atoms with Crippen molar-refractivity contribution < 1.29 is 14.7 Å². The number of fused-ring (bicyclic) bond motifs is 1. The molecule has 0 aliphatic heterocycles. The van der Waals surface area contributed by atoms with Crippen LogP contribution in [0.15, 0.2) is 51.7 Å². The van der Waals surface area contributed by atoms with Crippen molar-refractivity contribution in [3.05, 3.63) is 68.5 Å². The van der Waals surface area contributed by atoms with Crippen LogP contribution >= 0.6 is 15.9 Å². The number of aromatic carboxylic acids is 1. The average Bonchev–Trinajstić information content (AvgIpc) is 2.60. The van der Waals surface area contributed by atoms with Gasteiger partial charge in [-0.15, -0.1) is 0 Å². The number of amides is 1. The Balaban J connectivity index is 1.94. The first kappa shape index (κ1) is 17.8. The highest BCUT2D eigenvalue weighted by atomic mass is 79.9. The molecular weight excluding hydrogens is 402 g/mol. The number of nitrogens with zero attached hydrogens (tertiary/aromatic N) is 2. The number of aromatic nitrogens is 2. The molecule has 0 aliphatic rings. The van der Waals surface area contributed by atoms with E-state index in [1.807, 2.05) is 6.92 Å². The van der Waals surface area contributed by atoms with E-state index in [2.05, 4.69) is 26.3 Å². The molecule has 0 unspecified atom stereocenters. The number of benzene rings is 2. The fourth-order valence-electron chi connectivity index (χ4n) is 2.55. The van der Waals surface area contributed by atoms with Gasteiger partial charge in [0.25, 0.3) is 5.56 Å². The normalized spacial score (nSPS) is 10.7. The summed E-state index contributed by atoms with van der Waals surface area (Å²) in [5.74, 6) is -2.01. The van der Waals surface area contributed by atoms with Gasteiger partial charge in [0.05, 0.1) is 11.4 Å². The van der Waals surface area contributed by atoms with Gasteiger partial charge in [0.15, 0.2) is 0 Å². The smallest absolute Gasteiger partial charge is 0.275 e. The molecule has 2 aromatic carbocycles. The quantitative estimate of drug-likeness (QED) is 0.695.